The zero-order valence-electron chi connectivity index (χ0n) is 14.3. The van der Waals surface area contributed by atoms with Gasteiger partial charge in [0, 0.05) is 25.3 Å². The molecule has 1 saturated carbocycles. The van der Waals surface area contributed by atoms with E-state index in [1.807, 2.05) is 12.1 Å². The van der Waals surface area contributed by atoms with Crippen molar-refractivity contribution in [2.45, 2.75) is 45.4 Å². The van der Waals surface area contributed by atoms with Gasteiger partial charge in [-0.25, -0.2) is 0 Å². The molecule has 0 radical (unpaired) electrons. The van der Waals surface area contributed by atoms with Crippen molar-refractivity contribution in [1.29, 1.82) is 0 Å². The highest BCUT2D eigenvalue weighted by molar-refractivity contribution is 5.85. The summed E-state index contributed by atoms with van der Waals surface area (Å²) in [6.45, 7) is 2.65. The number of carbonyl (C=O) groups is 2. The number of carbonyl (C=O) groups excluding carboxylic acids is 2. The van der Waals surface area contributed by atoms with Crippen LogP contribution in [0.15, 0.2) is 36.4 Å². The van der Waals surface area contributed by atoms with Crippen molar-refractivity contribution in [3.63, 3.8) is 0 Å². The number of hydrogen-bond donors (Lipinski definition) is 2. The Balaban J connectivity index is 1.75. The largest absolute Gasteiger partial charge is 0.508 e. The number of aromatic hydroxyl groups is 1. The van der Waals surface area contributed by atoms with Gasteiger partial charge in [-0.05, 0) is 49.3 Å². The lowest BCUT2D eigenvalue weighted by Crippen LogP contribution is -2.29. The Morgan fingerprint density at radius 2 is 2.04 bits per heavy atom. The molecular formula is C20H27NO3. The molecule has 0 heterocycles. The van der Waals surface area contributed by atoms with Crippen LogP contribution in [0.5, 0.6) is 5.75 Å². The number of ketones is 1. The molecule has 0 spiro atoms. The van der Waals surface area contributed by atoms with Crippen molar-refractivity contribution in [2.24, 2.45) is 11.8 Å². The predicted molar refractivity (Wildman–Crippen MR) is 94.7 cm³/mol. The van der Waals surface area contributed by atoms with Crippen LogP contribution in [0, 0.1) is 11.8 Å². The highest BCUT2D eigenvalue weighted by atomic mass is 16.3. The van der Waals surface area contributed by atoms with Gasteiger partial charge in [0.2, 0.25) is 5.91 Å². The maximum atomic E-state index is 12.1. The molecule has 4 heteroatoms. The van der Waals surface area contributed by atoms with E-state index in [0.29, 0.717) is 25.2 Å². The standard InChI is InChI=1S/C20H27NO3/c1-2-3-4-5-18-16(8-11-19(18)23)14-20(24)21-13-12-15-6-9-17(22)10-7-15/h3-4,6-7,9-10,16,18,22H,2,5,8,11-14H2,1H3,(H,21,24)/b4-3-/t16-,18-/m1/s1. The first-order chi connectivity index (χ1) is 11.6. The predicted octanol–water partition coefficient (Wildman–Crippen LogP) is 3.39. The first kappa shape index (κ1) is 18.2. The first-order valence-corrected chi connectivity index (χ1v) is 8.82. The van der Waals surface area contributed by atoms with Crippen LogP contribution in [0.25, 0.3) is 0 Å². The Labute approximate surface area is 144 Å². The fourth-order valence-corrected chi connectivity index (χ4v) is 3.27. The van der Waals surface area contributed by atoms with Crippen LogP contribution in [-0.2, 0) is 16.0 Å². The molecule has 24 heavy (non-hydrogen) atoms. The van der Waals surface area contributed by atoms with E-state index >= 15 is 0 Å². The number of nitrogens with one attached hydrogen (secondary N) is 1. The Kier molecular flexibility index (Phi) is 7.04. The third-order valence-corrected chi connectivity index (χ3v) is 4.66. The molecule has 0 unspecified atom stereocenters. The van der Waals surface area contributed by atoms with E-state index in [-0.39, 0.29) is 23.5 Å². The number of phenols is 1. The number of rotatable bonds is 8. The van der Waals surface area contributed by atoms with Crippen LogP contribution in [0.3, 0.4) is 0 Å². The van der Waals surface area contributed by atoms with Crippen molar-refractivity contribution in [1.82, 2.24) is 5.32 Å². The lowest BCUT2D eigenvalue weighted by Gasteiger charge is -2.16. The highest BCUT2D eigenvalue weighted by Gasteiger charge is 2.34. The minimum Gasteiger partial charge on any atom is -0.508 e. The van der Waals surface area contributed by atoms with Crippen molar-refractivity contribution >= 4 is 11.7 Å². The summed E-state index contributed by atoms with van der Waals surface area (Å²) in [4.78, 5) is 24.1. The molecule has 1 aromatic rings. The SMILES string of the molecule is CC/C=C\C[C@H]1C(=O)CC[C@@H]1CC(=O)NCCc1ccc(O)cc1. The molecule has 0 saturated heterocycles. The highest BCUT2D eigenvalue weighted by Crippen LogP contribution is 2.34. The van der Waals surface area contributed by atoms with Crippen LogP contribution >= 0.6 is 0 Å². The second-order valence-corrected chi connectivity index (χ2v) is 6.46. The summed E-state index contributed by atoms with van der Waals surface area (Å²) >= 11 is 0. The molecule has 0 aromatic heterocycles. The molecule has 1 aliphatic carbocycles. The summed E-state index contributed by atoms with van der Waals surface area (Å²) in [5, 5.41) is 12.2. The van der Waals surface area contributed by atoms with Crippen molar-refractivity contribution in [2.75, 3.05) is 6.54 Å². The maximum Gasteiger partial charge on any atom is 0.220 e. The molecule has 1 aromatic carbocycles. The van der Waals surface area contributed by atoms with Crippen LogP contribution in [0.2, 0.25) is 0 Å². The van der Waals surface area contributed by atoms with Gasteiger partial charge in [0.1, 0.15) is 11.5 Å². The van der Waals surface area contributed by atoms with Gasteiger partial charge < -0.3 is 10.4 Å². The summed E-state index contributed by atoms with van der Waals surface area (Å²) in [5.74, 6) is 0.760. The minimum absolute atomic E-state index is 0.00986. The Morgan fingerprint density at radius 3 is 2.75 bits per heavy atom. The smallest absolute Gasteiger partial charge is 0.220 e. The second-order valence-electron chi connectivity index (χ2n) is 6.46. The quantitative estimate of drug-likeness (QED) is 0.718. The normalized spacial score (nSPS) is 20.6. The average molecular weight is 329 g/mol. The fourth-order valence-electron chi connectivity index (χ4n) is 3.27. The molecule has 1 aliphatic rings. The summed E-state index contributed by atoms with van der Waals surface area (Å²) in [6.07, 6.45) is 8.50. The molecule has 2 N–H and O–H groups in total. The molecule has 0 aliphatic heterocycles. The third kappa shape index (κ3) is 5.52. The van der Waals surface area contributed by atoms with E-state index < -0.39 is 0 Å². The Morgan fingerprint density at radius 1 is 1.29 bits per heavy atom. The fraction of sp³-hybridized carbons (Fsp3) is 0.500. The van der Waals surface area contributed by atoms with Crippen molar-refractivity contribution in [3.05, 3.63) is 42.0 Å². The van der Waals surface area contributed by atoms with Gasteiger partial charge in [-0.1, -0.05) is 31.2 Å². The van der Waals surface area contributed by atoms with E-state index in [9.17, 15) is 14.7 Å². The Bertz CT molecular complexity index is 577. The van der Waals surface area contributed by atoms with Gasteiger partial charge in [-0.2, -0.15) is 0 Å². The van der Waals surface area contributed by atoms with Crippen LogP contribution < -0.4 is 5.32 Å². The molecular weight excluding hydrogens is 302 g/mol. The molecule has 1 fully saturated rings. The van der Waals surface area contributed by atoms with E-state index in [2.05, 4.69) is 24.4 Å². The van der Waals surface area contributed by atoms with Gasteiger partial charge in [0.15, 0.2) is 0 Å². The number of hydrogen-bond acceptors (Lipinski definition) is 3. The lowest BCUT2D eigenvalue weighted by molar-refractivity contribution is -0.123. The topological polar surface area (TPSA) is 66.4 Å². The molecule has 4 nitrogen and oxygen atoms in total. The summed E-state index contributed by atoms with van der Waals surface area (Å²) in [5.41, 5.74) is 1.08. The number of amides is 1. The van der Waals surface area contributed by atoms with E-state index in [1.165, 1.54) is 0 Å². The van der Waals surface area contributed by atoms with Crippen LogP contribution in [0.1, 0.15) is 44.6 Å². The minimum atomic E-state index is 0.00986. The maximum absolute atomic E-state index is 12.1. The van der Waals surface area contributed by atoms with Crippen LogP contribution in [0.4, 0.5) is 0 Å². The van der Waals surface area contributed by atoms with Gasteiger partial charge >= 0.3 is 0 Å². The molecule has 2 atom stereocenters. The summed E-state index contributed by atoms with van der Waals surface area (Å²) in [6, 6.07) is 7.01. The average Bonchev–Trinajstić information content (AvgIpc) is 2.90. The van der Waals surface area contributed by atoms with Crippen LogP contribution in [-0.4, -0.2) is 23.3 Å². The zero-order valence-corrected chi connectivity index (χ0v) is 14.3. The van der Waals surface area contributed by atoms with E-state index in [1.54, 1.807) is 12.1 Å². The van der Waals surface area contributed by atoms with Gasteiger partial charge in [0.25, 0.3) is 0 Å². The van der Waals surface area contributed by atoms with Crippen molar-refractivity contribution < 1.29 is 14.7 Å². The third-order valence-electron chi connectivity index (χ3n) is 4.66. The molecule has 2 rings (SSSR count). The number of benzene rings is 1. The number of phenolic OH excluding ortho intramolecular Hbond substituents is 1. The van der Waals surface area contributed by atoms with E-state index in [4.69, 9.17) is 0 Å². The summed E-state index contributed by atoms with van der Waals surface area (Å²) < 4.78 is 0. The number of Topliss-reactive ketones (excluding diaryl/α,β-unsaturated/α-hetero) is 1. The number of allylic oxidation sites excluding steroid dienone is 2. The molecule has 1 amide bonds. The second kappa shape index (κ2) is 9.26. The first-order valence-electron chi connectivity index (χ1n) is 8.82. The van der Waals surface area contributed by atoms with Gasteiger partial charge in [-0.15, -0.1) is 0 Å². The Hall–Kier alpha value is -2.10. The zero-order chi connectivity index (χ0) is 17.4. The van der Waals surface area contributed by atoms with Gasteiger partial charge in [0.05, 0.1) is 0 Å². The summed E-state index contributed by atoms with van der Waals surface area (Å²) in [7, 11) is 0. The van der Waals surface area contributed by atoms with Crippen molar-refractivity contribution in [3.8, 4) is 5.75 Å². The van der Waals surface area contributed by atoms with Gasteiger partial charge in [-0.3, -0.25) is 9.59 Å². The lowest BCUT2D eigenvalue weighted by atomic mass is 9.89. The van der Waals surface area contributed by atoms with E-state index in [0.717, 1.165) is 31.2 Å². The molecule has 130 valence electrons. The monoisotopic (exact) mass is 329 g/mol. The molecule has 0 bridgehead atoms.